The maximum absolute atomic E-state index is 12.5. The first-order chi connectivity index (χ1) is 13.0. The lowest BCUT2D eigenvalue weighted by molar-refractivity contribution is -0.117. The fourth-order valence-electron chi connectivity index (χ4n) is 3.30. The Morgan fingerprint density at radius 1 is 1.07 bits per heavy atom. The zero-order chi connectivity index (χ0) is 19.1. The molecule has 2 aromatic heterocycles. The Hall–Kier alpha value is -3.35. The first kappa shape index (κ1) is 17.1. The monoisotopic (exact) mass is 363 g/mol. The van der Waals surface area contributed by atoms with E-state index in [0.29, 0.717) is 11.1 Å². The standard InChI is InChI=1S/C20H17N3O4/c1-10-9-26-17-12(3)18-15(8-14(10)17)11(2)13(19(25)27-18)4-5-16(24)23-20-21-6-7-22-20/h6-9H,4-5H2,1-3H3. The second kappa shape index (κ2) is 6.42. The smallest absolute Gasteiger partial charge is 0.339 e. The molecule has 0 saturated carbocycles. The van der Waals surface area contributed by atoms with Crippen molar-refractivity contribution in [3.63, 3.8) is 0 Å². The topological polar surface area (TPSA) is 97.5 Å². The average Bonchev–Trinajstić information content (AvgIpc) is 3.26. The van der Waals surface area contributed by atoms with E-state index in [0.717, 1.165) is 33.0 Å². The molecule has 0 radical (unpaired) electrons. The number of fused-ring (bicyclic) bond motifs is 2. The third kappa shape index (κ3) is 2.91. The summed E-state index contributed by atoms with van der Waals surface area (Å²) in [5.41, 5.74) is 3.90. The van der Waals surface area contributed by atoms with Crippen molar-refractivity contribution in [2.75, 3.05) is 0 Å². The number of benzene rings is 1. The predicted molar refractivity (Wildman–Crippen MR) is 104 cm³/mol. The molecule has 0 atom stereocenters. The lowest BCUT2D eigenvalue weighted by Gasteiger charge is -2.09. The number of rotatable bonds is 3. The highest BCUT2D eigenvalue weighted by Crippen LogP contribution is 2.32. The molecular formula is C20H17N3O4. The summed E-state index contributed by atoms with van der Waals surface area (Å²) >= 11 is 0. The van der Waals surface area contributed by atoms with E-state index in [2.05, 4.69) is 15.0 Å². The molecule has 0 aliphatic carbocycles. The van der Waals surface area contributed by atoms with Gasteiger partial charge in [0.15, 0.2) is 0 Å². The molecule has 1 aromatic carbocycles. The molecule has 4 rings (SSSR count). The molecule has 1 aliphatic heterocycles. The van der Waals surface area contributed by atoms with Gasteiger partial charge in [-0.1, -0.05) is 0 Å². The van der Waals surface area contributed by atoms with Crippen LogP contribution in [0.1, 0.15) is 28.7 Å². The number of amides is 1. The number of furan rings is 1. The minimum absolute atomic E-state index is 0.0810. The lowest BCUT2D eigenvalue weighted by atomic mass is 9.98. The van der Waals surface area contributed by atoms with Crippen molar-refractivity contribution >= 4 is 46.2 Å². The van der Waals surface area contributed by atoms with Crippen molar-refractivity contribution in [3.8, 4) is 0 Å². The fraction of sp³-hybridized carbons (Fsp3) is 0.250. The number of hydrogen-bond donors (Lipinski definition) is 0. The molecule has 1 aliphatic rings. The van der Waals surface area contributed by atoms with Gasteiger partial charge in [0, 0.05) is 40.7 Å². The van der Waals surface area contributed by atoms with Crippen molar-refractivity contribution in [2.24, 2.45) is 15.0 Å². The van der Waals surface area contributed by atoms with Crippen LogP contribution in [0.4, 0.5) is 0 Å². The molecule has 3 heterocycles. The molecule has 1 amide bonds. The third-order valence-corrected chi connectivity index (χ3v) is 4.80. The SMILES string of the molecule is Cc1coc2c(C)c3oc(=O)c(CCC(=O)N=C4N=CC=N4)c(C)c3cc12. The minimum Gasteiger partial charge on any atom is -0.464 e. The van der Waals surface area contributed by atoms with Gasteiger partial charge in [-0.25, -0.2) is 14.8 Å². The van der Waals surface area contributed by atoms with Crippen molar-refractivity contribution in [1.82, 2.24) is 0 Å². The summed E-state index contributed by atoms with van der Waals surface area (Å²) in [6.07, 6.45) is 4.95. The van der Waals surface area contributed by atoms with E-state index in [-0.39, 0.29) is 24.7 Å². The molecule has 0 bridgehead atoms. The minimum atomic E-state index is -0.442. The van der Waals surface area contributed by atoms with Crippen molar-refractivity contribution in [1.29, 1.82) is 0 Å². The van der Waals surface area contributed by atoms with E-state index in [4.69, 9.17) is 8.83 Å². The van der Waals surface area contributed by atoms with Gasteiger partial charge in [-0.05, 0) is 44.4 Å². The number of nitrogens with zero attached hydrogens (tertiary/aromatic N) is 3. The Kier molecular flexibility index (Phi) is 4.07. The molecule has 27 heavy (non-hydrogen) atoms. The molecule has 7 nitrogen and oxygen atoms in total. The van der Waals surface area contributed by atoms with Crippen molar-refractivity contribution in [2.45, 2.75) is 33.6 Å². The van der Waals surface area contributed by atoms with Crippen LogP contribution >= 0.6 is 0 Å². The maximum atomic E-state index is 12.5. The summed E-state index contributed by atoms with van der Waals surface area (Å²) < 4.78 is 11.2. The first-order valence-corrected chi connectivity index (χ1v) is 8.57. The van der Waals surface area contributed by atoms with E-state index in [9.17, 15) is 9.59 Å². The van der Waals surface area contributed by atoms with Gasteiger partial charge in [-0.15, -0.1) is 0 Å². The summed E-state index contributed by atoms with van der Waals surface area (Å²) in [4.78, 5) is 36.0. The van der Waals surface area contributed by atoms with Gasteiger partial charge in [0.2, 0.25) is 5.91 Å². The van der Waals surface area contributed by atoms with Gasteiger partial charge in [0.1, 0.15) is 11.2 Å². The number of aliphatic imine (C=N–C) groups is 3. The Balaban J connectivity index is 1.74. The average molecular weight is 363 g/mol. The zero-order valence-corrected chi connectivity index (χ0v) is 15.2. The number of carbonyl (C=O) groups excluding carboxylic acids is 1. The molecular weight excluding hydrogens is 346 g/mol. The van der Waals surface area contributed by atoms with Crippen LogP contribution in [-0.2, 0) is 11.2 Å². The zero-order valence-electron chi connectivity index (χ0n) is 15.2. The van der Waals surface area contributed by atoms with Crippen LogP contribution < -0.4 is 5.63 Å². The van der Waals surface area contributed by atoms with Gasteiger partial charge < -0.3 is 8.83 Å². The van der Waals surface area contributed by atoms with E-state index in [1.165, 1.54) is 12.4 Å². The predicted octanol–water partition coefficient (Wildman–Crippen LogP) is 3.43. The van der Waals surface area contributed by atoms with Crippen LogP contribution in [-0.4, -0.2) is 24.3 Å². The highest BCUT2D eigenvalue weighted by molar-refractivity contribution is 6.26. The molecule has 0 saturated heterocycles. The van der Waals surface area contributed by atoms with E-state index < -0.39 is 5.63 Å². The molecule has 0 unspecified atom stereocenters. The Labute approximate surface area is 154 Å². The van der Waals surface area contributed by atoms with Crippen LogP contribution in [0, 0.1) is 20.8 Å². The lowest BCUT2D eigenvalue weighted by Crippen LogP contribution is -2.12. The van der Waals surface area contributed by atoms with Gasteiger partial charge in [0.05, 0.1) is 6.26 Å². The third-order valence-electron chi connectivity index (χ3n) is 4.80. The molecule has 3 aromatic rings. The van der Waals surface area contributed by atoms with Crippen LogP contribution in [0.25, 0.3) is 21.9 Å². The van der Waals surface area contributed by atoms with Crippen molar-refractivity contribution < 1.29 is 13.6 Å². The molecule has 0 N–H and O–H groups in total. The highest BCUT2D eigenvalue weighted by Gasteiger charge is 2.18. The fourth-order valence-corrected chi connectivity index (χ4v) is 3.30. The summed E-state index contributed by atoms with van der Waals surface area (Å²) in [6.45, 7) is 5.72. The van der Waals surface area contributed by atoms with Crippen LogP contribution in [0.5, 0.6) is 0 Å². The van der Waals surface area contributed by atoms with Crippen LogP contribution in [0.2, 0.25) is 0 Å². The summed E-state index contributed by atoms with van der Waals surface area (Å²) in [5.74, 6) is -0.242. The quantitative estimate of drug-likeness (QED) is 0.666. The second-order valence-electron chi connectivity index (χ2n) is 6.53. The number of aryl methyl sites for hydroxylation is 3. The van der Waals surface area contributed by atoms with Gasteiger partial charge in [-0.2, -0.15) is 4.99 Å². The van der Waals surface area contributed by atoms with Gasteiger partial charge >= 0.3 is 5.63 Å². The molecule has 0 spiro atoms. The Morgan fingerprint density at radius 3 is 2.56 bits per heavy atom. The largest absolute Gasteiger partial charge is 0.464 e. The first-order valence-electron chi connectivity index (χ1n) is 8.57. The van der Waals surface area contributed by atoms with Crippen molar-refractivity contribution in [3.05, 3.63) is 45.0 Å². The second-order valence-corrected chi connectivity index (χ2v) is 6.53. The summed E-state index contributed by atoms with van der Waals surface area (Å²) in [7, 11) is 0. The van der Waals surface area contributed by atoms with E-state index >= 15 is 0 Å². The summed E-state index contributed by atoms with van der Waals surface area (Å²) in [5, 5.41) is 1.84. The molecule has 7 heteroatoms. The maximum Gasteiger partial charge on any atom is 0.339 e. The normalized spacial score (nSPS) is 13.2. The highest BCUT2D eigenvalue weighted by atomic mass is 16.4. The Bertz CT molecular complexity index is 1230. The van der Waals surface area contributed by atoms with Crippen LogP contribution in [0.15, 0.2) is 40.9 Å². The Morgan fingerprint density at radius 2 is 1.81 bits per heavy atom. The summed E-state index contributed by atoms with van der Waals surface area (Å²) in [6, 6.07) is 1.97. The van der Waals surface area contributed by atoms with Gasteiger partial charge in [-0.3, -0.25) is 4.79 Å². The van der Waals surface area contributed by atoms with Gasteiger partial charge in [0.25, 0.3) is 5.96 Å². The number of guanidine groups is 1. The number of carbonyl (C=O) groups is 1. The van der Waals surface area contributed by atoms with E-state index in [1.807, 2.05) is 26.8 Å². The molecule has 136 valence electrons. The van der Waals surface area contributed by atoms with Crippen LogP contribution in [0.3, 0.4) is 0 Å². The van der Waals surface area contributed by atoms with E-state index in [1.54, 1.807) is 6.26 Å². The molecule has 0 fully saturated rings. The number of hydrogen-bond acceptors (Lipinski definition) is 4.